The SMILES string of the molecule is O=C1NC(=Nc2cccc(C(F)(F)F)c2)S/C1=C\c1cccc(O)c1. The van der Waals surface area contributed by atoms with Crippen LogP contribution < -0.4 is 5.32 Å². The summed E-state index contributed by atoms with van der Waals surface area (Å²) in [6.45, 7) is 0. The third-order valence-electron chi connectivity index (χ3n) is 3.22. The Bertz CT molecular complexity index is 891. The third-order valence-corrected chi connectivity index (χ3v) is 4.13. The van der Waals surface area contributed by atoms with Crippen LogP contribution in [0, 0.1) is 0 Å². The summed E-state index contributed by atoms with van der Waals surface area (Å²) in [5, 5.41) is 12.1. The van der Waals surface area contributed by atoms with E-state index in [1.807, 2.05) is 0 Å². The van der Waals surface area contributed by atoms with Crippen molar-refractivity contribution in [2.75, 3.05) is 0 Å². The normalized spacial score (nSPS) is 18.0. The standard InChI is InChI=1S/C17H11F3N2O2S/c18-17(19,20)11-4-2-5-12(9-11)21-16-22-15(24)14(25-16)8-10-3-1-6-13(23)7-10/h1-9,23H,(H,21,22,24)/b14-8-. The average molecular weight is 364 g/mol. The van der Waals surface area contributed by atoms with Crippen LogP contribution in [0.3, 0.4) is 0 Å². The van der Waals surface area contributed by atoms with Crippen molar-refractivity contribution < 1.29 is 23.1 Å². The number of benzene rings is 2. The zero-order valence-electron chi connectivity index (χ0n) is 12.5. The van der Waals surface area contributed by atoms with E-state index in [2.05, 4.69) is 10.3 Å². The van der Waals surface area contributed by atoms with Crippen LogP contribution in [-0.4, -0.2) is 16.2 Å². The minimum Gasteiger partial charge on any atom is -0.508 e. The summed E-state index contributed by atoms with van der Waals surface area (Å²) in [6.07, 6.45) is -2.89. The van der Waals surface area contributed by atoms with Gasteiger partial charge in [0.15, 0.2) is 5.17 Å². The molecule has 2 aromatic rings. The van der Waals surface area contributed by atoms with Gasteiger partial charge < -0.3 is 10.4 Å². The second kappa shape index (κ2) is 6.64. The van der Waals surface area contributed by atoms with Crippen LogP contribution in [0.1, 0.15) is 11.1 Å². The van der Waals surface area contributed by atoms with Gasteiger partial charge in [-0.15, -0.1) is 0 Å². The van der Waals surface area contributed by atoms with Crippen molar-refractivity contribution in [1.29, 1.82) is 0 Å². The first-order valence-electron chi connectivity index (χ1n) is 7.07. The number of nitrogens with one attached hydrogen (secondary N) is 1. The largest absolute Gasteiger partial charge is 0.508 e. The Hall–Kier alpha value is -2.74. The van der Waals surface area contributed by atoms with Crippen LogP contribution in [0.25, 0.3) is 6.08 Å². The first-order chi connectivity index (χ1) is 11.8. The lowest BCUT2D eigenvalue weighted by molar-refractivity contribution is -0.137. The maximum absolute atomic E-state index is 12.7. The van der Waals surface area contributed by atoms with Gasteiger partial charge in [0.05, 0.1) is 16.2 Å². The first-order valence-corrected chi connectivity index (χ1v) is 7.89. The second-order valence-corrected chi connectivity index (χ2v) is 6.16. The highest BCUT2D eigenvalue weighted by Gasteiger charge is 2.30. The monoisotopic (exact) mass is 364 g/mol. The fourth-order valence-corrected chi connectivity index (χ4v) is 2.96. The van der Waals surface area contributed by atoms with E-state index in [0.29, 0.717) is 10.5 Å². The van der Waals surface area contributed by atoms with Crippen molar-refractivity contribution in [2.45, 2.75) is 6.18 Å². The van der Waals surface area contributed by atoms with E-state index in [1.165, 1.54) is 24.3 Å². The molecule has 0 unspecified atom stereocenters. The van der Waals surface area contributed by atoms with Gasteiger partial charge in [-0.05, 0) is 53.7 Å². The van der Waals surface area contributed by atoms with Gasteiger partial charge in [-0.2, -0.15) is 13.2 Å². The molecule has 2 N–H and O–H groups in total. The molecule has 0 aliphatic carbocycles. The molecule has 3 rings (SSSR count). The number of halogens is 3. The molecule has 0 atom stereocenters. The average Bonchev–Trinajstić information content (AvgIpc) is 2.86. The smallest absolute Gasteiger partial charge is 0.416 e. The molecule has 128 valence electrons. The Kier molecular flexibility index (Phi) is 4.54. The molecule has 25 heavy (non-hydrogen) atoms. The van der Waals surface area contributed by atoms with Gasteiger partial charge in [0.2, 0.25) is 0 Å². The van der Waals surface area contributed by atoms with E-state index in [1.54, 1.807) is 18.2 Å². The zero-order valence-corrected chi connectivity index (χ0v) is 13.4. The number of carbonyl (C=O) groups excluding carboxylic acids is 1. The Morgan fingerprint density at radius 3 is 2.60 bits per heavy atom. The van der Waals surface area contributed by atoms with E-state index in [-0.39, 0.29) is 16.6 Å². The summed E-state index contributed by atoms with van der Waals surface area (Å²) in [4.78, 5) is 16.3. The van der Waals surface area contributed by atoms with Gasteiger partial charge in [0, 0.05) is 0 Å². The van der Waals surface area contributed by atoms with Gasteiger partial charge >= 0.3 is 6.18 Å². The van der Waals surface area contributed by atoms with Crippen LogP contribution in [0.2, 0.25) is 0 Å². The molecule has 2 aromatic carbocycles. The number of carbonyl (C=O) groups is 1. The maximum atomic E-state index is 12.7. The second-order valence-electron chi connectivity index (χ2n) is 5.12. The molecule has 1 aliphatic rings. The van der Waals surface area contributed by atoms with Crippen molar-refractivity contribution in [3.05, 3.63) is 64.6 Å². The lowest BCUT2D eigenvalue weighted by Gasteiger charge is -2.06. The Labute approximate surface area is 145 Å². The predicted octanol–water partition coefficient (Wildman–Crippen LogP) is 4.30. The number of phenols is 1. The van der Waals surface area contributed by atoms with E-state index >= 15 is 0 Å². The van der Waals surface area contributed by atoms with Crippen LogP contribution >= 0.6 is 11.8 Å². The van der Waals surface area contributed by atoms with Crippen molar-refractivity contribution in [3.63, 3.8) is 0 Å². The molecule has 0 radical (unpaired) electrons. The van der Waals surface area contributed by atoms with Gasteiger partial charge in [-0.3, -0.25) is 4.79 Å². The van der Waals surface area contributed by atoms with Crippen LogP contribution in [0.4, 0.5) is 18.9 Å². The van der Waals surface area contributed by atoms with Gasteiger partial charge in [-0.25, -0.2) is 4.99 Å². The van der Waals surface area contributed by atoms with Gasteiger partial charge in [0.1, 0.15) is 5.75 Å². The van der Waals surface area contributed by atoms with Crippen molar-refractivity contribution in [2.24, 2.45) is 4.99 Å². The van der Waals surface area contributed by atoms with Crippen LogP contribution in [0.15, 0.2) is 58.4 Å². The molecule has 0 saturated carbocycles. The molecule has 0 aromatic heterocycles. The summed E-state index contributed by atoms with van der Waals surface area (Å²) in [7, 11) is 0. The number of amides is 1. The molecule has 8 heteroatoms. The molecular weight excluding hydrogens is 353 g/mol. The predicted molar refractivity (Wildman–Crippen MR) is 90.4 cm³/mol. The minimum atomic E-state index is -4.46. The molecule has 4 nitrogen and oxygen atoms in total. The number of hydrogen-bond acceptors (Lipinski definition) is 4. The number of aromatic hydroxyl groups is 1. The highest BCUT2D eigenvalue weighted by atomic mass is 32.2. The number of hydrogen-bond donors (Lipinski definition) is 2. The lowest BCUT2D eigenvalue weighted by Crippen LogP contribution is -2.19. The third kappa shape index (κ3) is 4.21. The minimum absolute atomic E-state index is 0.0654. The lowest BCUT2D eigenvalue weighted by atomic mass is 10.2. The highest BCUT2D eigenvalue weighted by molar-refractivity contribution is 8.18. The fourth-order valence-electron chi connectivity index (χ4n) is 2.12. The number of alkyl halides is 3. The van der Waals surface area contributed by atoms with E-state index in [0.717, 1.165) is 23.9 Å². The molecule has 1 heterocycles. The van der Waals surface area contributed by atoms with E-state index < -0.39 is 17.6 Å². The van der Waals surface area contributed by atoms with Crippen molar-refractivity contribution in [1.82, 2.24) is 5.32 Å². The molecule has 1 saturated heterocycles. The maximum Gasteiger partial charge on any atom is 0.416 e. The van der Waals surface area contributed by atoms with Gasteiger partial charge in [0.25, 0.3) is 5.91 Å². The quantitative estimate of drug-likeness (QED) is 0.781. The topological polar surface area (TPSA) is 61.7 Å². The van der Waals surface area contributed by atoms with E-state index in [9.17, 15) is 23.1 Å². The Morgan fingerprint density at radius 2 is 1.88 bits per heavy atom. The summed E-state index contributed by atoms with van der Waals surface area (Å²) in [6, 6.07) is 10.9. The number of aliphatic imine (C=N–C) groups is 1. The zero-order chi connectivity index (χ0) is 18.0. The first kappa shape index (κ1) is 17.1. The number of phenolic OH excluding ortho intramolecular Hbond substituents is 1. The summed E-state index contributed by atoms with van der Waals surface area (Å²) in [5.41, 5.74) is -0.0894. The molecule has 1 fully saturated rings. The molecule has 0 bridgehead atoms. The van der Waals surface area contributed by atoms with Crippen molar-refractivity contribution in [3.8, 4) is 5.75 Å². The Morgan fingerprint density at radius 1 is 1.12 bits per heavy atom. The van der Waals surface area contributed by atoms with Gasteiger partial charge in [-0.1, -0.05) is 18.2 Å². The summed E-state index contributed by atoms with van der Waals surface area (Å²) >= 11 is 1.02. The number of nitrogens with zero attached hydrogens (tertiary/aromatic N) is 1. The summed E-state index contributed by atoms with van der Waals surface area (Å²) in [5.74, 6) is -0.338. The van der Waals surface area contributed by atoms with Crippen molar-refractivity contribution >= 4 is 34.6 Å². The highest BCUT2D eigenvalue weighted by Crippen LogP contribution is 2.33. The summed E-state index contributed by atoms with van der Waals surface area (Å²) < 4.78 is 38.2. The molecular formula is C17H11F3N2O2S. The molecule has 1 amide bonds. The molecule has 0 spiro atoms. The number of amidine groups is 1. The van der Waals surface area contributed by atoms with Crippen LogP contribution in [0.5, 0.6) is 5.75 Å². The molecule has 1 aliphatic heterocycles. The Balaban J connectivity index is 1.84. The number of rotatable bonds is 2. The van der Waals surface area contributed by atoms with Crippen LogP contribution in [-0.2, 0) is 11.0 Å². The fraction of sp³-hybridized carbons (Fsp3) is 0.0588. The number of thioether (sulfide) groups is 1. The van der Waals surface area contributed by atoms with E-state index in [4.69, 9.17) is 0 Å².